The number of ether oxygens (including phenoxy) is 1. The summed E-state index contributed by atoms with van der Waals surface area (Å²) in [5, 5.41) is 2.84. The molecule has 2 rings (SSSR count). The molecule has 0 atom stereocenters. The van der Waals surface area contributed by atoms with Gasteiger partial charge in [0.2, 0.25) is 0 Å². The van der Waals surface area contributed by atoms with Gasteiger partial charge in [0, 0.05) is 18.3 Å². The van der Waals surface area contributed by atoms with Crippen LogP contribution in [0.1, 0.15) is 30.1 Å². The third-order valence-electron chi connectivity index (χ3n) is 2.80. The highest BCUT2D eigenvalue weighted by molar-refractivity contribution is 6.33. The van der Waals surface area contributed by atoms with Crippen molar-refractivity contribution in [1.29, 1.82) is 0 Å². The lowest BCUT2D eigenvalue weighted by Crippen LogP contribution is -2.13. The molecule has 1 aromatic heterocycles. The van der Waals surface area contributed by atoms with E-state index in [1.807, 2.05) is 6.92 Å². The van der Waals surface area contributed by atoms with Crippen LogP contribution in [0.3, 0.4) is 0 Å². The maximum atomic E-state index is 12.1. The Hall–Kier alpha value is -2.40. The summed E-state index contributed by atoms with van der Waals surface area (Å²) >= 11 is 5.87. The monoisotopic (exact) mass is 318 g/mol. The van der Waals surface area contributed by atoms with Crippen molar-refractivity contribution in [1.82, 2.24) is 4.98 Å². The molecule has 0 radical (unpaired) electrons. The molecule has 5 nitrogen and oxygen atoms in total. The van der Waals surface area contributed by atoms with Crippen molar-refractivity contribution in [3.8, 4) is 5.75 Å². The second-order valence-electron chi connectivity index (χ2n) is 4.54. The number of benzene rings is 1. The van der Waals surface area contributed by atoms with Crippen molar-refractivity contribution in [2.45, 2.75) is 19.8 Å². The summed E-state index contributed by atoms with van der Waals surface area (Å²) in [5.74, 6) is -0.189. The number of anilines is 1. The Labute approximate surface area is 133 Å². The predicted octanol–water partition coefficient (Wildman–Crippen LogP) is 3.69. The third-order valence-corrected chi connectivity index (χ3v) is 3.10. The van der Waals surface area contributed by atoms with Gasteiger partial charge in [0.25, 0.3) is 5.91 Å². The van der Waals surface area contributed by atoms with Gasteiger partial charge in [-0.15, -0.1) is 0 Å². The molecule has 1 heterocycles. The Kier molecular flexibility index (Phi) is 5.49. The summed E-state index contributed by atoms with van der Waals surface area (Å²) in [4.78, 5) is 27.3. The number of carbonyl (C=O) groups is 2. The Balaban J connectivity index is 2.01. The number of amides is 1. The van der Waals surface area contributed by atoms with Crippen LogP contribution < -0.4 is 10.1 Å². The lowest BCUT2D eigenvalue weighted by atomic mass is 10.2. The average Bonchev–Trinajstić information content (AvgIpc) is 2.50. The lowest BCUT2D eigenvalue weighted by Gasteiger charge is -2.07. The number of nitrogens with zero attached hydrogens (tertiary/aromatic N) is 1. The molecule has 6 heteroatoms. The van der Waals surface area contributed by atoms with Crippen molar-refractivity contribution in [2.75, 3.05) is 5.32 Å². The molecule has 0 aliphatic heterocycles. The van der Waals surface area contributed by atoms with Gasteiger partial charge in [-0.05, 0) is 42.8 Å². The lowest BCUT2D eigenvalue weighted by molar-refractivity contribution is -0.134. The van der Waals surface area contributed by atoms with E-state index >= 15 is 0 Å². The second kappa shape index (κ2) is 7.56. The fourth-order valence-corrected chi connectivity index (χ4v) is 1.95. The van der Waals surface area contributed by atoms with Crippen molar-refractivity contribution < 1.29 is 14.3 Å². The summed E-state index contributed by atoms with van der Waals surface area (Å²) in [5.41, 5.74) is 0.864. The topological polar surface area (TPSA) is 68.3 Å². The number of aromatic nitrogens is 1. The van der Waals surface area contributed by atoms with E-state index in [0.29, 0.717) is 23.4 Å². The summed E-state index contributed by atoms with van der Waals surface area (Å²) in [7, 11) is 0. The first-order chi connectivity index (χ1) is 10.6. The fraction of sp³-hybridized carbons (Fsp3) is 0.188. The van der Waals surface area contributed by atoms with Gasteiger partial charge in [-0.3, -0.25) is 9.59 Å². The van der Waals surface area contributed by atoms with Crippen LogP contribution in [0.25, 0.3) is 0 Å². The first-order valence-corrected chi connectivity index (χ1v) is 7.20. The van der Waals surface area contributed by atoms with Crippen LogP contribution in [0, 0.1) is 0 Å². The first kappa shape index (κ1) is 16.0. The van der Waals surface area contributed by atoms with Gasteiger partial charge in [-0.1, -0.05) is 18.5 Å². The number of esters is 1. The van der Waals surface area contributed by atoms with Gasteiger partial charge in [-0.25, -0.2) is 4.98 Å². The standard InChI is InChI=1S/C16H15ClN2O3/c1-2-4-14(20)22-12-8-6-11(7-9-12)19-16(21)13-5-3-10-18-15(13)17/h3,5-10H,2,4H2,1H3,(H,19,21). The zero-order valence-electron chi connectivity index (χ0n) is 12.0. The van der Waals surface area contributed by atoms with Crippen molar-refractivity contribution in [3.63, 3.8) is 0 Å². The Morgan fingerprint density at radius 2 is 1.95 bits per heavy atom. The van der Waals surface area contributed by atoms with Gasteiger partial charge in [0.1, 0.15) is 10.9 Å². The maximum Gasteiger partial charge on any atom is 0.311 e. The molecule has 0 saturated carbocycles. The highest BCUT2D eigenvalue weighted by Gasteiger charge is 2.11. The van der Waals surface area contributed by atoms with E-state index in [1.165, 1.54) is 6.20 Å². The minimum Gasteiger partial charge on any atom is -0.427 e. The van der Waals surface area contributed by atoms with E-state index < -0.39 is 0 Å². The third kappa shape index (κ3) is 4.30. The van der Waals surface area contributed by atoms with Gasteiger partial charge >= 0.3 is 5.97 Å². The zero-order chi connectivity index (χ0) is 15.9. The predicted molar refractivity (Wildman–Crippen MR) is 84.2 cm³/mol. The number of rotatable bonds is 5. The Morgan fingerprint density at radius 1 is 1.23 bits per heavy atom. The van der Waals surface area contributed by atoms with Gasteiger partial charge in [0.05, 0.1) is 5.56 Å². The average molecular weight is 319 g/mol. The van der Waals surface area contributed by atoms with Crippen LogP contribution in [0.15, 0.2) is 42.6 Å². The molecule has 0 aliphatic carbocycles. The quantitative estimate of drug-likeness (QED) is 0.518. The van der Waals surface area contributed by atoms with E-state index in [4.69, 9.17) is 16.3 Å². The minimum atomic E-state index is -0.353. The normalized spacial score (nSPS) is 10.1. The number of nitrogens with one attached hydrogen (secondary N) is 1. The number of carbonyl (C=O) groups excluding carboxylic acids is 2. The summed E-state index contributed by atoms with van der Waals surface area (Å²) in [6, 6.07) is 9.76. The summed E-state index contributed by atoms with van der Waals surface area (Å²) in [6.45, 7) is 1.91. The molecular weight excluding hydrogens is 304 g/mol. The van der Waals surface area contributed by atoms with E-state index in [1.54, 1.807) is 36.4 Å². The molecule has 0 aliphatic rings. The highest BCUT2D eigenvalue weighted by atomic mass is 35.5. The number of hydrogen-bond donors (Lipinski definition) is 1. The van der Waals surface area contributed by atoms with E-state index in [2.05, 4.69) is 10.3 Å². The maximum absolute atomic E-state index is 12.1. The first-order valence-electron chi connectivity index (χ1n) is 6.82. The molecular formula is C16H15ClN2O3. The van der Waals surface area contributed by atoms with Crippen molar-refractivity contribution >= 4 is 29.2 Å². The Morgan fingerprint density at radius 3 is 2.59 bits per heavy atom. The van der Waals surface area contributed by atoms with Crippen molar-refractivity contribution in [2.24, 2.45) is 0 Å². The van der Waals surface area contributed by atoms with Crippen molar-refractivity contribution in [3.05, 3.63) is 53.3 Å². The molecule has 0 saturated heterocycles. The number of halogens is 1. The van der Waals surface area contributed by atoms with Crippen LogP contribution >= 0.6 is 11.6 Å². The number of hydrogen-bond acceptors (Lipinski definition) is 4. The zero-order valence-corrected chi connectivity index (χ0v) is 12.8. The van der Waals surface area contributed by atoms with Gasteiger partial charge < -0.3 is 10.1 Å². The fourth-order valence-electron chi connectivity index (χ4n) is 1.75. The van der Waals surface area contributed by atoms with E-state index in [9.17, 15) is 9.59 Å². The molecule has 0 fully saturated rings. The van der Waals surface area contributed by atoms with Gasteiger partial charge in [-0.2, -0.15) is 0 Å². The molecule has 114 valence electrons. The smallest absolute Gasteiger partial charge is 0.311 e. The number of pyridine rings is 1. The van der Waals surface area contributed by atoms with Crippen LogP contribution in [0.5, 0.6) is 5.75 Å². The summed E-state index contributed by atoms with van der Waals surface area (Å²) in [6.07, 6.45) is 2.62. The van der Waals surface area contributed by atoms with Crippen LogP contribution in [-0.2, 0) is 4.79 Å². The summed E-state index contributed by atoms with van der Waals surface area (Å²) < 4.78 is 5.14. The SMILES string of the molecule is CCCC(=O)Oc1ccc(NC(=O)c2cccnc2Cl)cc1. The largest absolute Gasteiger partial charge is 0.427 e. The van der Waals surface area contributed by atoms with Gasteiger partial charge in [0.15, 0.2) is 0 Å². The Bertz CT molecular complexity index is 671. The van der Waals surface area contributed by atoms with Crippen LogP contribution in [0.4, 0.5) is 5.69 Å². The minimum absolute atomic E-state index is 0.144. The van der Waals surface area contributed by atoms with Crippen LogP contribution in [0.2, 0.25) is 5.15 Å². The molecule has 0 spiro atoms. The second-order valence-corrected chi connectivity index (χ2v) is 4.90. The molecule has 1 amide bonds. The van der Waals surface area contributed by atoms with Crippen LogP contribution in [-0.4, -0.2) is 16.9 Å². The molecule has 2 aromatic rings. The van der Waals surface area contributed by atoms with E-state index in [-0.39, 0.29) is 17.0 Å². The highest BCUT2D eigenvalue weighted by Crippen LogP contribution is 2.18. The molecule has 0 bridgehead atoms. The molecule has 0 unspecified atom stereocenters. The molecule has 1 N–H and O–H groups in total. The molecule has 1 aromatic carbocycles. The molecule has 22 heavy (non-hydrogen) atoms. The van der Waals surface area contributed by atoms with E-state index in [0.717, 1.165) is 6.42 Å².